The molecule has 92 valence electrons. The second kappa shape index (κ2) is 3.66. The first-order chi connectivity index (χ1) is 7.99. The maximum absolute atomic E-state index is 13.8. The molecule has 1 N–H and O–H groups in total. The molecule has 7 heteroatoms. The van der Waals surface area contributed by atoms with Crippen LogP contribution in [-0.2, 0) is 10.0 Å². The van der Waals surface area contributed by atoms with Crippen molar-refractivity contribution in [2.24, 2.45) is 0 Å². The van der Waals surface area contributed by atoms with E-state index in [4.69, 9.17) is 0 Å². The zero-order valence-corrected chi connectivity index (χ0v) is 11.2. The Morgan fingerprint density at radius 3 is 2.76 bits per heavy atom. The summed E-state index contributed by atoms with van der Waals surface area (Å²) in [6.45, 7) is 0.218. The number of fused-ring (bicyclic) bond motifs is 1. The summed E-state index contributed by atoms with van der Waals surface area (Å²) in [6.07, 6.45) is 2.05. The van der Waals surface area contributed by atoms with Crippen LogP contribution in [0.2, 0.25) is 0 Å². The molecular weight excluding hydrogens is 311 g/mol. The summed E-state index contributed by atoms with van der Waals surface area (Å²) >= 11 is 3.19. The Morgan fingerprint density at radius 2 is 2.12 bits per heavy atom. The molecule has 1 aromatic carbocycles. The van der Waals surface area contributed by atoms with Gasteiger partial charge >= 0.3 is 0 Å². The number of rotatable bonds is 1. The molecule has 4 nitrogen and oxygen atoms in total. The lowest BCUT2D eigenvalue weighted by atomic mass is 10.2. The van der Waals surface area contributed by atoms with Crippen molar-refractivity contribution in [3.63, 3.8) is 0 Å². The van der Waals surface area contributed by atoms with Gasteiger partial charge in [0.15, 0.2) is 0 Å². The summed E-state index contributed by atoms with van der Waals surface area (Å²) in [5.74, 6) is -0.716. The minimum atomic E-state index is -3.72. The normalized spacial score (nSPS) is 22.4. The first kappa shape index (κ1) is 11.4. The number of nitrogens with zero attached hydrogens (tertiary/aromatic N) is 1. The summed E-state index contributed by atoms with van der Waals surface area (Å²) in [4.78, 5) is 1.67. The Bertz CT molecular complexity index is 586. The minimum absolute atomic E-state index is 0.218. The maximum atomic E-state index is 13.8. The Hall–Kier alpha value is -0.660. The summed E-state index contributed by atoms with van der Waals surface area (Å²) in [5, 5.41) is 0. The molecule has 0 bridgehead atoms. The van der Waals surface area contributed by atoms with Crippen molar-refractivity contribution >= 4 is 31.6 Å². The Morgan fingerprint density at radius 1 is 1.41 bits per heavy atom. The number of benzene rings is 1. The highest BCUT2D eigenvalue weighted by molar-refractivity contribution is 9.10. The average molecular weight is 321 g/mol. The van der Waals surface area contributed by atoms with Gasteiger partial charge in [0.25, 0.3) is 0 Å². The van der Waals surface area contributed by atoms with Crippen LogP contribution < -0.4 is 9.62 Å². The van der Waals surface area contributed by atoms with E-state index in [0.29, 0.717) is 16.2 Å². The van der Waals surface area contributed by atoms with Crippen LogP contribution in [0, 0.1) is 5.82 Å². The van der Waals surface area contributed by atoms with Gasteiger partial charge in [-0.2, -0.15) is 4.72 Å². The van der Waals surface area contributed by atoms with E-state index in [1.54, 1.807) is 6.07 Å². The lowest BCUT2D eigenvalue weighted by molar-refractivity contribution is 0.542. The summed E-state index contributed by atoms with van der Waals surface area (Å²) in [5.41, 5.74) is 0.457. The molecule has 0 saturated heterocycles. The van der Waals surface area contributed by atoms with Crippen LogP contribution in [0.1, 0.15) is 12.8 Å². The lowest BCUT2D eigenvalue weighted by Gasteiger charge is -2.31. The molecule has 1 fully saturated rings. The quantitative estimate of drug-likeness (QED) is 0.858. The van der Waals surface area contributed by atoms with Gasteiger partial charge in [-0.3, -0.25) is 0 Å². The van der Waals surface area contributed by atoms with Gasteiger partial charge in [-0.05, 0) is 25.0 Å². The second-order valence-electron chi connectivity index (χ2n) is 4.24. The van der Waals surface area contributed by atoms with Crippen molar-refractivity contribution in [1.29, 1.82) is 0 Å². The predicted octanol–water partition coefficient (Wildman–Crippen LogP) is 1.81. The van der Waals surface area contributed by atoms with Crippen LogP contribution >= 0.6 is 15.9 Å². The maximum Gasteiger partial charge on any atom is 0.247 e. The number of nitrogens with one attached hydrogen (secondary N) is 1. The Balaban J connectivity index is 2.24. The number of anilines is 1. The van der Waals surface area contributed by atoms with E-state index >= 15 is 0 Å². The second-order valence-corrected chi connectivity index (χ2v) is 6.86. The van der Waals surface area contributed by atoms with Crippen molar-refractivity contribution in [3.05, 3.63) is 22.4 Å². The summed E-state index contributed by atoms with van der Waals surface area (Å²) in [7, 11) is -3.72. The lowest BCUT2D eigenvalue weighted by Crippen LogP contribution is -2.44. The molecule has 3 rings (SSSR count). The first-order valence-electron chi connectivity index (χ1n) is 5.24. The summed E-state index contributed by atoms with van der Waals surface area (Å²) in [6, 6.07) is 3.16. The van der Waals surface area contributed by atoms with E-state index in [2.05, 4.69) is 20.7 Å². The van der Waals surface area contributed by atoms with Crippen LogP contribution in [0.25, 0.3) is 0 Å². The smallest absolute Gasteiger partial charge is 0.247 e. The number of hydrogen-bond donors (Lipinski definition) is 1. The molecule has 1 heterocycles. The Labute approximate surface area is 107 Å². The van der Waals surface area contributed by atoms with Gasteiger partial charge in [0.2, 0.25) is 10.0 Å². The topological polar surface area (TPSA) is 49.4 Å². The van der Waals surface area contributed by atoms with Gasteiger partial charge in [-0.1, -0.05) is 15.9 Å². The highest BCUT2D eigenvalue weighted by Crippen LogP contribution is 2.39. The van der Waals surface area contributed by atoms with Crippen molar-refractivity contribution in [1.82, 2.24) is 4.72 Å². The average Bonchev–Trinajstić information content (AvgIpc) is 2.99. The van der Waals surface area contributed by atoms with E-state index in [1.165, 1.54) is 6.07 Å². The third-order valence-corrected chi connectivity index (χ3v) is 4.89. The molecule has 0 radical (unpaired) electrons. The summed E-state index contributed by atoms with van der Waals surface area (Å²) < 4.78 is 40.4. The standard InChI is InChI=1S/C10H10BrFN2O2S/c11-6-3-8(12)10-9(4-6)14(7-1-2-7)5-13-17(10,15)16/h3-4,7,13H,1-2,5H2. The van der Waals surface area contributed by atoms with E-state index < -0.39 is 15.8 Å². The van der Waals surface area contributed by atoms with Crippen molar-refractivity contribution < 1.29 is 12.8 Å². The Kier molecular flexibility index (Phi) is 2.46. The minimum Gasteiger partial charge on any atom is -0.354 e. The molecule has 0 spiro atoms. The van der Waals surface area contributed by atoms with Crippen LogP contribution in [0.5, 0.6) is 0 Å². The highest BCUT2D eigenvalue weighted by Gasteiger charge is 2.38. The monoisotopic (exact) mass is 320 g/mol. The fraction of sp³-hybridized carbons (Fsp3) is 0.400. The molecule has 1 aliphatic carbocycles. The molecule has 1 aromatic rings. The zero-order valence-electron chi connectivity index (χ0n) is 8.78. The van der Waals surface area contributed by atoms with Crippen molar-refractivity contribution in [2.75, 3.05) is 11.6 Å². The molecule has 1 saturated carbocycles. The molecule has 1 aliphatic heterocycles. The third-order valence-electron chi connectivity index (χ3n) is 2.98. The van der Waals surface area contributed by atoms with E-state index in [9.17, 15) is 12.8 Å². The molecule has 0 aromatic heterocycles. The van der Waals surface area contributed by atoms with Gasteiger partial charge < -0.3 is 4.90 Å². The van der Waals surface area contributed by atoms with Gasteiger partial charge in [-0.15, -0.1) is 0 Å². The van der Waals surface area contributed by atoms with Crippen LogP contribution in [-0.4, -0.2) is 21.1 Å². The first-order valence-corrected chi connectivity index (χ1v) is 7.52. The van der Waals surface area contributed by atoms with Gasteiger partial charge in [0.05, 0.1) is 12.4 Å². The molecular formula is C10H10BrFN2O2S. The number of sulfonamides is 1. The number of halogens is 2. The van der Waals surface area contributed by atoms with E-state index in [-0.39, 0.29) is 11.6 Å². The SMILES string of the molecule is O=S1(=O)NCN(C2CC2)c2cc(Br)cc(F)c21. The molecule has 0 atom stereocenters. The van der Waals surface area contributed by atoms with Gasteiger partial charge in [0.1, 0.15) is 10.7 Å². The van der Waals surface area contributed by atoms with E-state index in [1.807, 2.05) is 4.90 Å². The van der Waals surface area contributed by atoms with Crippen molar-refractivity contribution in [3.8, 4) is 0 Å². The van der Waals surface area contributed by atoms with Gasteiger partial charge in [0, 0.05) is 10.5 Å². The molecule has 0 unspecified atom stereocenters. The molecule has 17 heavy (non-hydrogen) atoms. The highest BCUT2D eigenvalue weighted by atomic mass is 79.9. The fourth-order valence-electron chi connectivity index (χ4n) is 2.05. The number of hydrogen-bond acceptors (Lipinski definition) is 3. The zero-order chi connectivity index (χ0) is 12.2. The molecule has 0 amide bonds. The predicted molar refractivity (Wildman–Crippen MR) is 64.8 cm³/mol. The molecule has 2 aliphatic rings. The largest absolute Gasteiger partial charge is 0.354 e. The fourth-order valence-corrected chi connectivity index (χ4v) is 3.69. The third kappa shape index (κ3) is 1.86. The van der Waals surface area contributed by atoms with Crippen LogP contribution in [0.15, 0.2) is 21.5 Å². The van der Waals surface area contributed by atoms with E-state index in [0.717, 1.165) is 12.8 Å². The van der Waals surface area contributed by atoms with Crippen molar-refractivity contribution in [2.45, 2.75) is 23.8 Å². The van der Waals surface area contributed by atoms with Crippen LogP contribution in [0.4, 0.5) is 10.1 Å². The van der Waals surface area contributed by atoms with Crippen LogP contribution in [0.3, 0.4) is 0 Å². The van der Waals surface area contributed by atoms with Gasteiger partial charge in [-0.25, -0.2) is 12.8 Å².